The molecule has 1 aliphatic heterocycles. The third-order valence-electron chi connectivity index (χ3n) is 4.18. The molecule has 0 radical (unpaired) electrons. The van der Waals surface area contributed by atoms with Crippen molar-refractivity contribution >= 4 is 57.8 Å². The van der Waals surface area contributed by atoms with Gasteiger partial charge in [-0.05, 0) is 48.1 Å². The monoisotopic (exact) mass is 431 g/mol. The zero-order valence-electron chi connectivity index (χ0n) is 13.8. The van der Waals surface area contributed by atoms with Gasteiger partial charge in [0, 0.05) is 53.5 Å². The number of piperazine rings is 1. The van der Waals surface area contributed by atoms with Crippen molar-refractivity contribution in [3.63, 3.8) is 0 Å². The quantitative estimate of drug-likeness (QED) is 0.663. The standard InChI is InChI=1S/C18H17Cl3FN3S/c19-13-7-14(20)9-16(8-13)23-18(26)25-5-3-24(4-6-25)11-12-1-2-15(22)10-17(12)21/h1-2,7-10H,3-6,11H2,(H,23,26). The average Bonchev–Trinajstić information content (AvgIpc) is 2.57. The van der Waals surface area contributed by atoms with Crippen LogP contribution in [0.4, 0.5) is 10.1 Å². The highest BCUT2D eigenvalue weighted by atomic mass is 35.5. The maximum Gasteiger partial charge on any atom is 0.173 e. The minimum absolute atomic E-state index is 0.318. The molecule has 2 aromatic rings. The molecule has 0 bridgehead atoms. The van der Waals surface area contributed by atoms with Crippen LogP contribution in [0.5, 0.6) is 0 Å². The van der Waals surface area contributed by atoms with Gasteiger partial charge in [0.25, 0.3) is 0 Å². The van der Waals surface area contributed by atoms with Gasteiger partial charge in [0.2, 0.25) is 0 Å². The first-order valence-electron chi connectivity index (χ1n) is 8.09. The summed E-state index contributed by atoms with van der Waals surface area (Å²) in [4.78, 5) is 4.38. The maximum absolute atomic E-state index is 13.2. The summed E-state index contributed by atoms with van der Waals surface area (Å²) in [7, 11) is 0. The number of rotatable bonds is 3. The third kappa shape index (κ3) is 5.21. The van der Waals surface area contributed by atoms with Crippen LogP contribution in [0.25, 0.3) is 0 Å². The summed E-state index contributed by atoms with van der Waals surface area (Å²) in [5.74, 6) is -0.318. The van der Waals surface area contributed by atoms with E-state index in [1.807, 2.05) is 0 Å². The van der Waals surface area contributed by atoms with E-state index in [9.17, 15) is 4.39 Å². The molecule has 1 N–H and O–H groups in total. The van der Waals surface area contributed by atoms with Crippen molar-refractivity contribution in [3.8, 4) is 0 Å². The molecule has 3 rings (SSSR count). The second-order valence-electron chi connectivity index (χ2n) is 6.09. The molecule has 1 heterocycles. The molecule has 0 aromatic heterocycles. The summed E-state index contributed by atoms with van der Waals surface area (Å²) in [5, 5.41) is 5.40. The molecule has 1 fully saturated rings. The number of hydrogen-bond donors (Lipinski definition) is 1. The normalized spacial score (nSPS) is 15.2. The van der Waals surface area contributed by atoms with E-state index in [1.165, 1.54) is 12.1 Å². The fourth-order valence-corrected chi connectivity index (χ4v) is 3.88. The van der Waals surface area contributed by atoms with Gasteiger partial charge in [-0.1, -0.05) is 40.9 Å². The molecule has 0 saturated carbocycles. The van der Waals surface area contributed by atoms with E-state index in [-0.39, 0.29) is 5.82 Å². The lowest BCUT2D eigenvalue weighted by Gasteiger charge is -2.36. The number of benzene rings is 2. The second-order valence-corrected chi connectivity index (χ2v) is 7.75. The SMILES string of the molecule is Fc1ccc(CN2CCN(C(=S)Nc3cc(Cl)cc(Cl)c3)CC2)c(Cl)c1. The molecule has 0 atom stereocenters. The van der Waals surface area contributed by atoms with E-state index >= 15 is 0 Å². The summed E-state index contributed by atoms with van der Waals surface area (Å²) >= 11 is 23.6. The first kappa shape index (κ1) is 19.6. The van der Waals surface area contributed by atoms with Crippen molar-refractivity contribution < 1.29 is 4.39 Å². The zero-order chi connectivity index (χ0) is 18.7. The van der Waals surface area contributed by atoms with Gasteiger partial charge in [-0.25, -0.2) is 4.39 Å². The molecule has 1 aliphatic rings. The van der Waals surface area contributed by atoms with Crippen molar-refractivity contribution in [2.45, 2.75) is 6.54 Å². The molecule has 138 valence electrons. The Balaban J connectivity index is 1.53. The Hall–Kier alpha value is -1.11. The zero-order valence-corrected chi connectivity index (χ0v) is 16.9. The largest absolute Gasteiger partial charge is 0.346 e. The van der Waals surface area contributed by atoms with Crippen LogP contribution < -0.4 is 5.32 Å². The van der Waals surface area contributed by atoms with Crippen LogP contribution in [0.3, 0.4) is 0 Å². The number of anilines is 1. The Morgan fingerprint density at radius 1 is 1.00 bits per heavy atom. The Labute approximate surface area is 172 Å². The van der Waals surface area contributed by atoms with Crippen LogP contribution in [-0.4, -0.2) is 41.1 Å². The lowest BCUT2D eigenvalue weighted by atomic mass is 10.2. The van der Waals surface area contributed by atoms with Gasteiger partial charge in [0.15, 0.2) is 5.11 Å². The van der Waals surface area contributed by atoms with E-state index in [1.54, 1.807) is 24.3 Å². The van der Waals surface area contributed by atoms with Crippen molar-refractivity contribution in [1.29, 1.82) is 0 Å². The molecular formula is C18H17Cl3FN3S. The number of halogens is 4. The Bertz CT molecular complexity index is 790. The number of nitrogens with zero attached hydrogens (tertiary/aromatic N) is 2. The van der Waals surface area contributed by atoms with E-state index in [0.717, 1.165) is 37.4 Å². The minimum Gasteiger partial charge on any atom is -0.346 e. The van der Waals surface area contributed by atoms with Crippen LogP contribution in [0.1, 0.15) is 5.56 Å². The topological polar surface area (TPSA) is 18.5 Å². The summed E-state index contributed by atoms with van der Waals surface area (Å²) in [6, 6.07) is 9.77. The third-order valence-corrected chi connectivity index (χ3v) is 5.33. The lowest BCUT2D eigenvalue weighted by molar-refractivity contribution is 0.177. The van der Waals surface area contributed by atoms with Gasteiger partial charge in [0.05, 0.1) is 0 Å². The maximum atomic E-state index is 13.2. The molecule has 0 aliphatic carbocycles. The molecule has 0 amide bonds. The smallest absolute Gasteiger partial charge is 0.173 e. The molecular weight excluding hydrogens is 416 g/mol. The summed E-state index contributed by atoms with van der Waals surface area (Å²) < 4.78 is 13.2. The fraction of sp³-hybridized carbons (Fsp3) is 0.278. The van der Waals surface area contributed by atoms with Gasteiger partial charge >= 0.3 is 0 Å². The van der Waals surface area contributed by atoms with Gasteiger partial charge in [0.1, 0.15) is 5.82 Å². The minimum atomic E-state index is -0.318. The molecule has 0 spiro atoms. The highest BCUT2D eigenvalue weighted by molar-refractivity contribution is 7.80. The van der Waals surface area contributed by atoms with E-state index < -0.39 is 0 Å². The van der Waals surface area contributed by atoms with Gasteiger partial charge in [-0.2, -0.15) is 0 Å². The first-order chi connectivity index (χ1) is 12.4. The van der Waals surface area contributed by atoms with Gasteiger partial charge in [-0.3, -0.25) is 4.90 Å². The van der Waals surface area contributed by atoms with Crippen LogP contribution in [0, 0.1) is 5.82 Å². The Morgan fingerprint density at radius 3 is 2.27 bits per heavy atom. The van der Waals surface area contributed by atoms with E-state index in [4.69, 9.17) is 47.0 Å². The van der Waals surface area contributed by atoms with E-state index in [0.29, 0.717) is 26.7 Å². The molecule has 3 nitrogen and oxygen atoms in total. The molecule has 2 aromatic carbocycles. The summed E-state index contributed by atoms with van der Waals surface area (Å²) in [5.41, 5.74) is 1.70. The van der Waals surface area contributed by atoms with Gasteiger partial charge in [-0.15, -0.1) is 0 Å². The van der Waals surface area contributed by atoms with E-state index in [2.05, 4.69) is 15.1 Å². The Kier molecular flexibility index (Phi) is 6.59. The van der Waals surface area contributed by atoms with Crippen LogP contribution in [0.15, 0.2) is 36.4 Å². The van der Waals surface area contributed by atoms with Gasteiger partial charge < -0.3 is 10.2 Å². The van der Waals surface area contributed by atoms with Crippen molar-refractivity contribution in [3.05, 3.63) is 62.8 Å². The fourth-order valence-electron chi connectivity index (χ4n) is 2.83. The van der Waals surface area contributed by atoms with Crippen molar-refractivity contribution in [2.24, 2.45) is 0 Å². The predicted molar refractivity (Wildman–Crippen MR) is 111 cm³/mol. The molecule has 1 saturated heterocycles. The summed E-state index contributed by atoms with van der Waals surface area (Å²) in [6.07, 6.45) is 0. The first-order valence-corrected chi connectivity index (χ1v) is 9.63. The number of hydrogen-bond acceptors (Lipinski definition) is 2. The van der Waals surface area contributed by atoms with Crippen LogP contribution in [0.2, 0.25) is 15.1 Å². The highest BCUT2D eigenvalue weighted by Gasteiger charge is 2.20. The average molecular weight is 433 g/mol. The number of nitrogens with one attached hydrogen (secondary N) is 1. The second kappa shape index (κ2) is 8.72. The highest BCUT2D eigenvalue weighted by Crippen LogP contribution is 2.23. The summed E-state index contributed by atoms with van der Waals surface area (Å²) in [6.45, 7) is 3.95. The Morgan fingerprint density at radius 2 is 1.65 bits per heavy atom. The van der Waals surface area contributed by atoms with Crippen molar-refractivity contribution in [1.82, 2.24) is 9.80 Å². The lowest BCUT2D eigenvalue weighted by Crippen LogP contribution is -2.49. The molecule has 0 unspecified atom stereocenters. The number of thiocarbonyl (C=S) groups is 1. The molecule has 8 heteroatoms. The predicted octanol–water partition coefficient (Wildman–Crippen LogP) is 5.30. The van der Waals surface area contributed by atoms with Crippen LogP contribution in [-0.2, 0) is 6.54 Å². The van der Waals surface area contributed by atoms with Crippen LogP contribution >= 0.6 is 47.0 Å². The molecule has 26 heavy (non-hydrogen) atoms. The van der Waals surface area contributed by atoms with Crippen molar-refractivity contribution in [2.75, 3.05) is 31.5 Å².